The third kappa shape index (κ3) is 9.69. The van der Waals surface area contributed by atoms with Crippen molar-refractivity contribution in [2.45, 2.75) is 0 Å². The molecule has 35 heavy (non-hydrogen) atoms. The second-order valence-electron chi connectivity index (χ2n) is 6.88. The van der Waals surface area contributed by atoms with Crippen LogP contribution in [0.5, 0.6) is 23.0 Å². The number of carboxylic acid groups (broad SMARTS) is 2. The topological polar surface area (TPSA) is 139 Å². The van der Waals surface area contributed by atoms with Crippen molar-refractivity contribution in [2.24, 2.45) is 0 Å². The molecule has 2 N–H and O–H groups in total. The Balaban J connectivity index is 1.48. The van der Waals surface area contributed by atoms with Gasteiger partial charge in [0.1, 0.15) is 13.2 Å². The Labute approximate surface area is 203 Å². The summed E-state index contributed by atoms with van der Waals surface area (Å²) in [5.74, 6) is -0.518. The summed E-state index contributed by atoms with van der Waals surface area (Å²) in [6.07, 6.45) is 0. The number of carbonyl (C=O) groups is 2. The number of hydrogen-bond donors (Lipinski definition) is 2. The third-order valence-electron chi connectivity index (χ3n) is 4.54. The molecule has 0 aliphatic carbocycles. The maximum Gasteiger partial charge on any atom is 0.335 e. The second kappa shape index (κ2) is 15.4. The molecule has 0 aromatic heterocycles. The molecule has 2 aromatic carbocycles. The molecule has 0 saturated carbocycles. The molecule has 0 aliphatic heterocycles. The number of carboxylic acids is 2. The zero-order valence-corrected chi connectivity index (χ0v) is 19.7. The van der Waals surface area contributed by atoms with Crippen molar-refractivity contribution in [3.8, 4) is 23.0 Å². The summed E-state index contributed by atoms with van der Waals surface area (Å²) in [4.78, 5) is 22.0. The number of ether oxygens (including phenoxy) is 7. The standard InChI is InChI=1S/C24H30O11/c1-29-21-15-17(23(25)26)3-5-19(21)34-13-11-32-9-7-31-8-10-33-12-14-35-20-6-4-18(24(27)28)16-22(20)30-2/h3-6,15-16H,7-14H2,1-2H3,(H,25,26)(H,27,28). The summed E-state index contributed by atoms with van der Waals surface area (Å²) >= 11 is 0. The summed E-state index contributed by atoms with van der Waals surface area (Å²) in [5, 5.41) is 18.0. The molecule has 192 valence electrons. The fourth-order valence-electron chi connectivity index (χ4n) is 2.80. The fraction of sp³-hybridized carbons (Fsp3) is 0.417. The largest absolute Gasteiger partial charge is 0.493 e. The molecule has 0 aliphatic rings. The fourth-order valence-corrected chi connectivity index (χ4v) is 2.80. The number of rotatable bonds is 18. The lowest BCUT2D eigenvalue weighted by atomic mass is 10.2. The van der Waals surface area contributed by atoms with Crippen LogP contribution in [0.1, 0.15) is 20.7 Å². The van der Waals surface area contributed by atoms with Gasteiger partial charge in [-0.15, -0.1) is 0 Å². The zero-order valence-electron chi connectivity index (χ0n) is 19.7. The highest BCUT2D eigenvalue weighted by Crippen LogP contribution is 2.28. The van der Waals surface area contributed by atoms with E-state index in [2.05, 4.69) is 0 Å². The molecular weight excluding hydrogens is 464 g/mol. The first kappa shape index (κ1) is 27.7. The molecule has 0 radical (unpaired) electrons. The molecule has 11 nitrogen and oxygen atoms in total. The van der Waals surface area contributed by atoms with E-state index in [-0.39, 0.29) is 24.3 Å². The number of aromatic carboxylic acids is 2. The Kier molecular flexibility index (Phi) is 12.2. The van der Waals surface area contributed by atoms with Gasteiger partial charge in [-0.3, -0.25) is 0 Å². The summed E-state index contributed by atoms with van der Waals surface area (Å²) < 4.78 is 37.7. The van der Waals surface area contributed by atoms with Crippen molar-refractivity contribution in [3.05, 3.63) is 47.5 Å². The van der Waals surface area contributed by atoms with Crippen LogP contribution in [-0.4, -0.2) is 89.2 Å². The van der Waals surface area contributed by atoms with Gasteiger partial charge in [-0.25, -0.2) is 9.59 Å². The van der Waals surface area contributed by atoms with Crippen molar-refractivity contribution in [2.75, 3.05) is 67.1 Å². The number of hydrogen-bond acceptors (Lipinski definition) is 9. The monoisotopic (exact) mass is 494 g/mol. The first-order valence-corrected chi connectivity index (χ1v) is 10.8. The van der Waals surface area contributed by atoms with Crippen LogP contribution in [0.4, 0.5) is 0 Å². The van der Waals surface area contributed by atoms with E-state index >= 15 is 0 Å². The van der Waals surface area contributed by atoms with Crippen LogP contribution in [-0.2, 0) is 14.2 Å². The van der Waals surface area contributed by atoms with Crippen LogP contribution in [0.25, 0.3) is 0 Å². The molecule has 11 heteroatoms. The predicted molar refractivity (Wildman–Crippen MR) is 123 cm³/mol. The first-order valence-electron chi connectivity index (χ1n) is 10.8. The van der Waals surface area contributed by atoms with Gasteiger partial charge in [0, 0.05) is 0 Å². The van der Waals surface area contributed by atoms with Gasteiger partial charge in [0.2, 0.25) is 0 Å². The highest BCUT2D eigenvalue weighted by Gasteiger charge is 2.11. The number of benzene rings is 2. The first-order chi connectivity index (χ1) is 17.0. The van der Waals surface area contributed by atoms with E-state index in [1.165, 1.54) is 38.5 Å². The highest BCUT2D eigenvalue weighted by atomic mass is 16.6. The smallest absolute Gasteiger partial charge is 0.335 e. The Hall–Kier alpha value is -3.54. The molecule has 0 heterocycles. The Morgan fingerprint density at radius 3 is 1.23 bits per heavy atom. The Morgan fingerprint density at radius 2 is 0.914 bits per heavy atom. The Morgan fingerprint density at radius 1 is 0.571 bits per heavy atom. The molecule has 0 spiro atoms. The lowest BCUT2D eigenvalue weighted by Gasteiger charge is -2.12. The highest BCUT2D eigenvalue weighted by molar-refractivity contribution is 5.89. The van der Waals surface area contributed by atoms with Crippen LogP contribution >= 0.6 is 0 Å². The minimum Gasteiger partial charge on any atom is -0.493 e. The van der Waals surface area contributed by atoms with E-state index in [0.717, 1.165) is 0 Å². The van der Waals surface area contributed by atoms with E-state index in [1.807, 2.05) is 0 Å². The normalized spacial score (nSPS) is 10.6. The van der Waals surface area contributed by atoms with E-state index in [9.17, 15) is 9.59 Å². The van der Waals surface area contributed by atoms with Crippen LogP contribution in [0.3, 0.4) is 0 Å². The molecule has 0 unspecified atom stereocenters. The molecule has 0 bridgehead atoms. The van der Waals surface area contributed by atoms with Gasteiger partial charge >= 0.3 is 11.9 Å². The summed E-state index contributed by atoms with van der Waals surface area (Å²) in [5.41, 5.74) is 0.234. The maximum absolute atomic E-state index is 11.0. The quantitative estimate of drug-likeness (QED) is 0.296. The van der Waals surface area contributed by atoms with Gasteiger partial charge in [0.05, 0.1) is 65.0 Å². The van der Waals surface area contributed by atoms with Gasteiger partial charge in [0.15, 0.2) is 23.0 Å². The van der Waals surface area contributed by atoms with Crippen LogP contribution in [0.15, 0.2) is 36.4 Å². The van der Waals surface area contributed by atoms with Gasteiger partial charge < -0.3 is 43.4 Å². The van der Waals surface area contributed by atoms with E-state index in [0.29, 0.717) is 62.6 Å². The molecule has 0 saturated heterocycles. The average Bonchev–Trinajstić information content (AvgIpc) is 2.86. The molecule has 0 fully saturated rings. The molecule has 0 atom stereocenters. The van der Waals surface area contributed by atoms with Crippen molar-refractivity contribution in [3.63, 3.8) is 0 Å². The lowest BCUT2D eigenvalue weighted by molar-refractivity contribution is 0.00479. The SMILES string of the molecule is COc1cc(C(=O)O)ccc1OCCOCCOCCOCCOc1ccc(C(=O)O)cc1OC. The van der Waals surface area contributed by atoms with Crippen LogP contribution in [0, 0.1) is 0 Å². The van der Waals surface area contributed by atoms with Crippen molar-refractivity contribution in [1.29, 1.82) is 0 Å². The molecular formula is C24H30O11. The average molecular weight is 494 g/mol. The van der Waals surface area contributed by atoms with Crippen molar-refractivity contribution >= 4 is 11.9 Å². The van der Waals surface area contributed by atoms with Gasteiger partial charge in [-0.05, 0) is 36.4 Å². The Bertz CT molecular complexity index is 870. The van der Waals surface area contributed by atoms with E-state index < -0.39 is 11.9 Å². The second-order valence-corrected chi connectivity index (χ2v) is 6.88. The van der Waals surface area contributed by atoms with Crippen LogP contribution < -0.4 is 18.9 Å². The van der Waals surface area contributed by atoms with E-state index in [4.69, 9.17) is 43.4 Å². The minimum atomic E-state index is -1.04. The minimum absolute atomic E-state index is 0.117. The molecule has 2 rings (SSSR count). The molecule has 0 amide bonds. The molecule has 2 aromatic rings. The van der Waals surface area contributed by atoms with Gasteiger partial charge in [-0.1, -0.05) is 0 Å². The van der Waals surface area contributed by atoms with Gasteiger partial charge in [0.25, 0.3) is 0 Å². The lowest BCUT2D eigenvalue weighted by Crippen LogP contribution is -2.14. The van der Waals surface area contributed by atoms with Crippen molar-refractivity contribution < 1.29 is 53.0 Å². The summed E-state index contributed by atoms with van der Waals surface area (Å²) in [7, 11) is 2.88. The maximum atomic E-state index is 11.0. The van der Waals surface area contributed by atoms with E-state index in [1.54, 1.807) is 12.1 Å². The summed E-state index contributed by atoms with van der Waals surface area (Å²) in [6, 6.07) is 8.77. The predicted octanol–water partition coefficient (Wildman–Crippen LogP) is 2.61. The van der Waals surface area contributed by atoms with Crippen LogP contribution in [0.2, 0.25) is 0 Å². The van der Waals surface area contributed by atoms with Crippen molar-refractivity contribution in [1.82, 2.24) is 0 Å². The third-order valence-corrected chi connectivity index (χ3v) is 4.54. The zero-order chi connectivity index (χ0) is 25.5. The van der Waals surface area contributed by atoms with Gasteiger partial charge in [-0.2, -0.15) is 0 Å². The summed E-state index contributed by atoms with van der Waals surface area (Å²) in [6.45, 7) is 2.76. The number of methoxy groups -OCH3 is 2.